The van der Waals surface area contributed by atoms with E-state index in [-0.39, 0.29) is 24.0 Å². The van der Waals surface area contributed by atoms with Crippen molar-refractivity contribution in [2.45, 2.75) is 58.2 Å². The molecule has 1 saturated carbocycles. The zero-order chi connectivity index (χ0) is 22.2. The summed E-state index contributed by atoms with van der Waals surface area (Å²) in [5.74, 6) is 1.97. The third-order valence-electron chi connectivity index (χ3n) is 6.48. The van der Waals surface area contributed by atoms with Crippen LogP contribution >= 0.6 is 0 Å². The fraction of sp³-hybridized carbons (Fsp3) is 0.545. The van der Waals surface area contributed by atoms with Gasteiger partial charge in [0.05, 0.1) is 18.0 Å². The average molecular weight is 437 g/mol. The van der Waals surface area contributed by atoms with E-state index in [2.05, 4.69) is 19.9 Å². The minimum absolute atomic E-state index is 0.0221. The van der Waals surface area contributed by atoms with Crippen molar-refractivity contribution in [3.8, 4) is 17.3 Å². The van der Waals surface area contributed by atoms with Crippen LogP contribution < -0.4 is 10.5 Å². The number of fused-ring (bicyclic) bond motifs is 1. The number of hydrogen-bond acceptors (Lipinski definition) is 8. The van der Waals surface area contributed by atoms with E-state index >= 15 is 0 Å². The molecule has 168 valence electrons. The molecule has 1 aliphatic carbocycles. The molecule has 3 aromatic heterocycles. The summed E-state index contributed by atoms with van der Waals surface area (Å²) in [6.07, 6.45) is 8.48. The Morgan fingerprint density at radius 2 is 2.00 bits per heavy atom. The van der Waals surface area contributed by atoms with E-state index in [0.717, 1.165) is 37.1 Å². The first-order valence-electron chi connectivity index (χ1n) is 11.3. The van der Waals surface area contributed by atoms with Crippen LogP contribution in [-0.2, 0) is 11.3 Å². The quantitative estimate of drug-likeness (QED) is 0.641. The molecule has 5 rings (SSSR count). The van der Waals surface area contributed by atoms with Gasteiger partial charge in [-0.1, -0.05) is 6.42 Å². The average Bonchev–Trinajstić information content (AvgIpc) is 3.52. The number of amides is 1. The SMILES string of the molecule is CCn1c(-c2cnc(C)nc2)nc2c(O[C@H]3CCN(C(=O)[C@H]4CCC[C@H]4N)C3)ncnc21. The van der Waals surface area contributed by atoms with Gasteiger partial charge in [0.25, 0.3) is 0 Å². The molecule has 10 heteroatoms. The summed E-state index contributed by atoms with van der Waals surface area (Å²) in [7, 11) is 0. The Morgan fingerprint density at radius 3 is 2.72 bits per heavy atom. The van der Waals surface area contributed by atoms with Crippen LogP contribution in [0.3, 0.4) is 0 Å². The zero-order valence-corrected chi connectivity index (χ0v) is 18.4. The van der Waals surface area contributed by atoms with Gasteiger partial charge in [-0.2, -0.15) is 4.98 Å². The molecule has 0 spiro atoms. The van der Waals surface area contributed by atoms with Gasteiger partial charge in [-0.05, 0) is 26.7 Å². The predicted molar refractivity (Wildman–Crippen MR) is 118 cm³/mol. The molecule has 3 atom stereocenters. The molecule has 2 fully saturated rings. The fourth-order valence-electron chi connectivity index (χ4n) is 4.74. The smallest absolute Gasteiger partial charge is 0.245 e. The summed E-state index contributed by atoms with van der Waals surface area (Å²) in [6.45, 7) is 5.79. The molecular weight excluding hydrogens is 408 g/mol. The summed E-state index contributed by atoms with van der Waals surface area (Å²) < 4.78 is 8.25. The Hall–Kier alpha value is -3.14. The Bertz CT molecular complexity index is 1130. The van der Waals surface area contributed by atoms with Gasteiger partial charge in [0, 0.05) is 37.9 Å². The number of nitrogens with zero attached hydrogens (tertiary/aromatic N) is 7. The molecule has 1 saturated heterocycles. The lowest BCUT2D eigenvalue weighted by Crippen LogP contribution is -2.41. The van der Waals surface area contributed by atoms with Gasteiger partial charge in [0.2, 0.25) is 11.8 Å². The van der Waals surface area contributed by atoms with Crippen molar-refractivity contribution in [1.29, 1.82) is 0 Å². The molecule has 0 radical (unpaired) electrons. The maximum absolute atomic E-state index is 12.9. The highest BCUT2D eigenvalue weighted by Gasteiger charge is 2.37. The lowest BCUT2D eigenvalue weighted by Gasteiger charge is -2.23. The van der Waals surface area contributed by atoms with E-state index in [0.29, 0.717) is 42.5 Å². The molecule has 2 N–H and O–H groups in total. The second-order valence-corrected chi connectivity index (χ2v) is 8.56. The number of carbonyl (C=O) groups excluding carboxylic acids is 1. The number of ether oxygens (including phenoxy) is 1. The highest BCUT2D eigenvalue weighted by molar-refractivity contribution is 5.81. The molecule has 4 heterocycles. The molecule has 10 nitrogen and oxygen atoms in total. The lowest BCUT2D eigenvalue weighted by atomic mass is 10.0. The van der Waals surface area contributed by atoms with Gasteiger partial charge in [-0.15, -0.1) is 0 Å². The Labute approximate surface area is 186 Å². The van der Waals surface area contributed by atoms with Crippen LogP contribution in [0.25, 0.3) is 22.6 Å². The van der Waals surface area contributed by atoms with Crippen molar-refractivity contribution < 1.29 is 9.53 Å². The van der Waals surface area contributed by atoms with E-state index in [9.17, 15) is 4.79 Å². The van der Waals surface area contributed by atoms with E-state index in [1.807, 2.05) is 23.3 Å². The number of likely N-dealkylation sites (tertiary alicyclic amines) is 1. The second-order valence-electron chi connectivity index (χ2n) is 8.56. The van der Waals surface area contributed by atoms with Gasteiger partial charge >= 0.3 is 0 Å². The summed E-state index contributed by atoms with van der Waals surface area (Å²) in [5, 5.41) is 0. The van der Waals surface area contributed by atoms with Crippen molar-refractivity contribution in [2.75, 3.05) is 13.1 Å². The first-order valence-corrected chi connectivity index (χ1v) is 11.3. The van der Waals surface area contributed by atoms with Gasteiger partial charge in [0.15, 0.2) is 11.2 Å². The summed E-state index contributed by atoms with van der Waals surface area (Å²) in [5.41, 5.74) is 8.26. The van der Waals surface area contributed by atoms with Crippen LogP contribution in [0, 0.1) is 12.8 Å². The number of aryl methyl sites for hydroxylation is 2. The molecule has 0 aromatic carbocycles. The molecule has 2 aliphatic rings. The summed E-state index contributed by atoms with van der Waals surface area (Å²) >= 11 is 0. The number of hydrogen-bond donors (Lipinski definition) is 1. The van der Waals surface area contributed by atoms with Crippen LogP contribution in [0.1, 0.15) is 38.4 Å². The van der Waals surface area contributed by atoms with Crippen molar-refractivity contribution >= 4 is 17.1 Å². The Kier molecular flexibility index (Phi) is 5.46. The number of rotatable bonds is 5. The third-order valence-corrected chi connectivity index (χ3v) is 6.48. The van der Waals surface area contributed by atoms with E-state index in [1.165, 1.54) is 6.33 Å². The van der Waals surface area contributed by atoms with Gasteiger partial charge in [-0.3, -0.25) is 4.79 Å². The predicted octanol–water partition coefficient (Wildman–Crippen LogP) is 1.72. The standard InChI is InChI=1S/C22H28N8O2/c1-3-30-19(14-9-24-13(2)25-10-14)28-18-20(30)26-12-27-21(18)32-15-7-8-29(11-15)22(31)16-5-4-6-17(16)23/h9-10,12,15-17H,3-8,11,23H2,1-2H3/t15-,16-,17+/m0/s1. The summed E-state index contributed by atoms with van der Waals surface area (Å²) in [4.78, 5) is 36.9. The summed E-state index contributed by atoms with van der Waals surface area (Å²) in [6, 6.07) is -0.0221. The fourth-order valence-corrected chi connectivity index (χ4v) is 4.74. The van der Waals surface area contributed by atoms with Crippen molar-refractivity contribution in [3.05, 3.63) is 24.5 Å². The molecule has 0 unspecified atom stereocenters. The molecule has 3 aromatic rings. The first kappa shape index (κ1) is 20.7. The Balaban J connectivity index is 1.38. The molecule has 32 heavy (non-hydrogen) atoms. The largest absolute Gasteiger partial charge is 0.471 e. The van der Waals surface area contributed by atoms with Crippen LogP contribution in [0.5, 0.6) is 5.88 Å². The van der Waals surface area contributed by atoms with Crippen molar-refractivity contribution in [1.82, 2.24) is 34.4 Å². The van der Waals surface area contributed by atoms with Crippen molar-refractivity contribution in [3.63, 3.8) is 0 Å². The molecule has 0 bridgehead atoms. The van der Waals surface area contributed by atoms with Gasteiger partial charge in [0.1, 0.15) is 24.1 Å². The molecule has 1 amide bonds. The topological polar surface area (TPSA) is 125 Å². The highest BCUT2D eigenvalue weighted by Crippen LogP contribution is 2.30. The molecule has 1 aliphatic heterocycles. The van der Waals surface area contributed by atoms with Crippen LogP contribution in [0.2, 0.25) is 0 Å². The normalized spacial score (nSPS) is 23.2. The molecular formula is C22H28N8O2. The minimum atomic E-state index is -0.132. The maximum Gasteiger partial charge on any atom is 0.245 e. The lowest BCUT2D eigenvalue weighted by molar-refractivity contribution is -0.134. The van der Waals surface area contributed by atoms with E-state index in [1.54, 1.807) is 12.4 Å². The monoisotopic (exact) mass is 436 g/mol. The maximum atomic E-state index is 12.9. The third kappa shape index (κ3) is 3.68. The van der Waals surface area contributed by atoms with Crippen LogP contribution in [0.4, 0.5) is 0 Å². The second kappa shape index (κ2) is 8.42. The van der Waals surface area contributed by atoms with E-state index in [4.69, 9.17) is 15.5 Å². The van der Waals surface area contributed by atoms with Crippen LogP contribution in [-0.4, -0.2) is 65.5 Å². The Morgan fingerprint density at radius 1 is 1.19 bits per heavy atom. The van der Waals surface area contributed by atoms with Crippen LogP contribution in [0.15, 0.2) is 18.7 Å². The first-order chi connectivity index (χ1) is 15.5. The van der Waals surface area contributed by atoms with Gasteiger partial charge in [-0.25, -0.2) is 19.9 Å². The van der Waals surface area contributed by atoms with Gasteiger partial charge < -0.3 is 19.9 Å². The van der Waals surface area contributed by atoms with Crippen molar-refractivity contribution in [2.24, 2.45) is 11.7 Å². The zero-order valence-electron chi connectivity index (χ0n) is 18.4. The van der Waals surface area contributed by atoms with E-state index < -0.39 is 0 Å². The number of nitrogens with two attached hydrogens (primary N) is 1. The highest BCUT2D eigenvalue weighted by atomic mass is 16.5. The number of carbonyl (C=O) groups is 1. The number of imidazole rings is 1. The number of aromatic nitrogens is 6. The minimum Gasteiger partial charge on any atom is -0.471 e.